The Kier molecular flexibility index (Phi) is 5.63. The van der Waals surface area contributed by atoms with Crippen LogP contribution >= 0.6 is 0 Å². The van der Waals surface area contributed by atoms with Gasteiger partial charge in [0.15, 0.2) is 17.2 Å². The summed E-state index contributed by atoms with van der Waals surface area (Å²) < 4.78 is 11.0. The molecule has 144 valence electrons. The predicted octanol–water partition coefficient (Wildman–Crippen LogP) is 1.59. The van der Waals surface area contributed by atoms with Gasteiger partial charge >= 0.3 is 0 Å². The molecular formula is C19H24N4O4. The van der Waals surface area contributed by atoms with Gasteiger partial charge < -0.3 is 19.7 Å². The fraction of sp³-hybridized carbons (Fsp3) is 0.421. The average Bonchev–Trinajstić information content (AvgIpc) is 3.14. The van der Waals surface area contributed by atoms with E-state index < -0.39 is 6.04 Å². The topological polar surface area (TPSA) is 96.6 Å². The summed E-state index contributed by atoms with van der Waals surface area (Å²) in [6.07, 6.45) is 0. The summed E-state index contributed by atoms with van der Waals surface area (Å²) in [4.78, 5) is 26.6. The van der Waals surface area contributed by atoms with Crippen molar-refractivity contribution in [1.82, 2.24) is 20.4 Å². The quantitative estimate of drug-likeness (QED) is 0.803. The summed E-state index contributed by atoms with van der Waals surface area (Å²) in [7, 11) is 1.58. The highest BCUT2D eigenvalue weighted by Crippen LogP contribution is 2.26. The average molecular weight is 372 g/mol. The number of carbonyl (C=O) groups is 2. The van der Waals surface area contributed by atoms with Crippen molar-refractivity contribution in [3.63, 3.8) is 0 Å². The number of piperazine rings is 1. The lowest BCUT2D eigenvalue weighted by atomic mass is 9.99. The van der Waals surface area contributed by atoms with E-state index in [-0.39, 0.29) is 30.0 Å². The lowest BCUT2D eigenvalue weighted by Gasteiger charge is -2.36. The number of rotatable bonds is 6. The zero-order chi connectivity index (χ0) is 19.4. The third kappa shape index (κ3) is 4.05. The van der Waals surface area contributed by atoms with Crippen molar-refractivity contribution < 1.29 is 19.1 Å². The number of nitrogens with zero attached hydrogens (tertiary/aromatic N) is 2. The first-order chi connectivity index (χ1) is 13.0. The fourth-order valence-electron chi connectivity index (χ4n) is 3.16. The van der Waals surface area contributed by atoms with Crippen molar-refractivity contribution in [1.29, 1.82) is 0 Å². The SMILES string of the molecule is COc1ccccc1OCc1cc(C(=O)N2CCNC(=O)[C@@H]2C(C)C)n[nH]1. The van der Waals surface area contributed by atoms with Crippen LogP contribution in [0, 0.1) is 5.92 Å². The number of H-pyrrole nitrogens is 1. The molecule has 8 nitrogen and oxygen atoms in total. The molecule has 8 heteroatoms. The second kappa shape index (κ2) is 8.11. The Labute approximate surface area is 157 Å². The largest absolute Gasteiger partial charge is 0.493 e. The van der Waals surface area contributed by atoms with Crippen LogP contribution in [-0.2, 0) is 11.4 Å². The highest BCUT2D eigenvalue weighted by Gasteiger charge is 2.36. The van der Waals surface area contributed by atoms with Crippen LogP contribution in [0.5, 0.6) is 11.5 Å². The zero-order valence-electron chi connectivity index (χ0n) is 15.7. The van der Waals surface area contributed by atoms with Crippen LogP contribution < -0.4 is 14.8 Å². The Hall–Kier alpha value is -3.03. The smallest absolute Gasteiger partial charge is 0.275 e. The van der Waals surface area contributed by atoms with E-state index in [0.29, 0.717) is 30.3 Å². The summed E-state index contributed by atoms with van der Waals surface area (Å²) in [5.74, 6) is 0.868. The molecule has 2 amide bonds. The van der Waals surface area contributed by atoms with Gasteiger partial charge in [0, 0.05) is 13.1 Å². The molecule has 2 aromatic rings. The van der Waals surface area contributed by atoms with Crippen LogP contribution in [0.2, 0.25) is 0 Å². The van der Waals surface area contributed by atoms with E-state index in [9.17, 15) is 9.59 Å². The summed E-state index contributed by atoms with van der Waals surface area (Å²) in [6.45, 7) is 4.98. The number of nitrogens with one attached hydrogen (secondary N) is 2. The molecule has 0 spiro atoms. The molecule has 0 saturated carbocycles. The van der Waals surface area contributed by atoms with Gasteiger partial charge in [-0.05, 0) is 24.1 Å². The monoisotopic (exact) mass is 372 g/mol. The first-order valence-electron chi connectivity index (χ1n) is 8.90. The number of amides is 2. The molecule has 1 fully saturated rings. The second-order valence-electron chi connectivity index (χ2n) is 6.70. The summed E-state index contributed by atoms with van der Waals surface area (Å²) >= 11 is 0. The molecule has 0 aliphatic carbocycles. The van der Waals surface area contributed by atoms with Crippen LogP contribution in [0.1, 0.15) is 30.0 Å². The molecule has 1 aromatic carbocycles. The molecule has 2 heterocycles. The zero-order valence-corrected chi connectivity index (χ0v) is 15.7. The minimum absolute atomic E-state index is 0.0153. The Bertz CT molecular complexity index is 818. The number of aromatic nitrogens is 2. The molecule has 3 rings (SSSR count). The highest BCUT2D eigenvalue weighted by atomic mass is 16.5. The lowest BCUT2D eigenvalue weighted by Crippen LogP contribution is -2.59. The number of carbonyl (C=O) groups excluding carboxylic acids is 2. The standard InChI is InChI=1S/C19H24N4O4/c1-12(2)17-18(24)20-8-9-23(17)19(25)14-10-13(21-22-14)11-27-16-7-5-4-6-15(16)26-3/h4-7,10,12,17H,8-9,11H2,1-3H3,(H,20,24)(H,21,22)/t17-/m0/s1. The van der Waals surface area contributed by atoms with Crippen molar-refractivity contribution >= 4 is 11.8 Å². The van der Waals surface area contributed by atoms with E-state index in [1.54, 1.807) is 24.1 Å². The van der Waals surface area contributed by atoms with Crippen LogP contribution in [-0.4, -0.2) is 53.2 Å². The number of ether oxygens (including phenoxy) is 2. The van der Waals surface area contributed by atoms with Gasteiger partial charge in [0.25, 0.3) is 5.91 Å². The molecule has 1 saturated heterocycles. The fourth-order valence-corrected chi connectivity index (χ4v) is 3.16. The maximum Gasteiger partial charge on any atom is 0.275 e. The van der Waals surface area contributed by atoms with E-state index in [1.165, 1.54) is 0 Å². The van der Waals surface area contributed by atoms with Gasteiger partial charge in [-0.3, -0.25) is 14.7 Å². The Balaban J connectivity index is 1.69. The molecule has 1 aliphatic rings. The van der Waals surface area contributed by atoms with Crippen molar-refractivity contribution in [3.05, 3.63) is 41.7 Å². The lowest BCUT2D eigenvalue weighted by molar-refractivity contribution is -0.129. The number of benzene rings is 1. The summed E-state index contributed by atoms with van der Waals surface area (Å²) in [5.41, 5.74) is 0.931. The van der Waals surface area contributed by atoms with Crippen LogP contribution in [0.4, 0.5) is 0 Å². The Morgan fingerprint density at radius 1 is 1.33 bits per heavy atom. The van der Waals surface area contributed by atoms with Crippen LogP contribution in [0.25, 0.3) is 0 Å². The molecule has 1 atom stereocenters. The number of methoxy groups -OCH3 is 1. The highest BCUT2D eigenvalue weighted by molar-refractivity contribution is 5.97. The minimum atomic E-state index is -0.490. The predicted molar refractivity (Wildman–Crippen MR) is 98.6 cm³/mol. The van der Waals surface area contributed by atoms with Crippen molar-refractivity contribution in [2.24, 2.45) is 5.92 Å². The molecule has 0 bridgehead atoms. The van der Waals surface area contributed by atoms with Gasteiger partial charge in [0.1, 0.15) is 12.6 Å². The van der Waals surface area contributed by atoms with Crippen molar-refractivity contribution in [2.45, 2.75) is 26.5 Å². The van der Waals surface area contributed by atoms with E-state index in [4.69, 9.17) is 9.47 Å². The van der Waals surface area contributed by atoms with Crippen LogP contribution in [0.3, 0.4) is 0 Å². The maximum atomic E-state index is 12.9. The first-order valence-corrected chi connectivity index (χ1v) is 8.90. The summed E-state index contributed by atoms with van der Waals surface area (Å²) in [5, 5.41) is 9.74. The Morgan fingerprint density at radius 3 is 2.78 bits per heavy atom. The Morgan fingerprint density at radius 2 is 2.07 bits per heavy atom. The molecule has 0 radical (unpaired) electrons. The first kappa shape index (κ1) is 18.8. The molecule has 27 heavy (non-hydrogen) atoms. The normalized spacial score (nSPS) is 17.0. The second-order valence-corrected chi connectivity index (χ2v) is 6.70. The van der Waals surface area contributed by atoms with E-state index in [0.717, 1.165) is 0 Å². The van der Waals surface area contributed by atoms with Crippen LogP contribution in [0.15, 0.2) is 30.3 Å². The molecule has 1 aliphatic heterocycles. The van der Waals surface area contributed by atoms with Gasteiger partial charge in [-0.2, -0.15) is 5.10 Å². The number of hydrogen-bond donors (Lipinski definition) is 2. The van der Waals surface area contributed by atoms with E-state index >= 15 is 0 Å². The third-order valence-electron chi connectivity index (χ3n) is 4.45. The van der Waals surface area contributed by atoms with E-state index in [2.05, 4.69) is 15.5 Å². The van der Waals surface area contributed by atoms with Gasteiger partial charge in [-0.15, -0.1) is 0 Å². The third-order valence-corrected chi connectivity index (χ3v) is 4.45. The van der Waals surface area contributed by atoms with Gasteiger partial charge in [-0.25, -0.2) is 0 Å². The van der Waals surface area contributed by atoms with Crippen molar-refractivity contribution in [3.8, 4) is 11.5 Å². The summed E-state index contributed by atoms with van der Waals surface area (Å²) in [6, 6.07) is 8.50. The number of aromatic amines is 1. The number of hydrogen-bond acceptors (Lipinski definition) is 5. The van der Waals surface area contributed by atoms with Gasteiger partial charge in [-0.1, -0.05) is 26.0 Å². The maximum absolute atomic E-state index is 12.9. The van der Waals surface area contributed by atoms with Crippen molar-refractivity contribution in [2.75, 3.05) is 20.2 Å². The minimum Gasteiger partial charge on any atom is -0.493 e. The number of para-hydroxylation sites is 2. The molecule has 2 N–H and O–H groups in total. The van der Waals surface area contributed by atoms with Gasteiger partial charge in [0.05, 0.1) is 12.8 Å². The van der Waals surface area contributed by atoms with E-state index in [1.807, 2.05) is 32.0 Å². The van der Waals surface area contributed by atoms with Gasteiger partial charge in [0.2, 0.25) is 5.91 Å². The molecule has 0 unspecified atom stereocenters. The molecule has 1 aromatic heterocycles. The molecular weight excluding hydrogens is 348 g/mol.